The zero-order chi connectivity index (χ0) is 20.7. The molecule has 4 rings (SSSR count). The summed E-state index contributed by atoms with van der Waals surface area (Å²) in [4.78, 5) is 31.2. The number of carbonyl (C=O) groups is 2. The van der Waals surface area contributed by atoms with Crippen molar-refractivity contribution >= 4 is 73.9 Å². The van der Waals surface area contributed by atoms with Crippen molar-refractivity contribution in [2.75, 3.05) is 12.0 Å². The van der Waals surface area contributed by atoms with Crippen LogP contribution in [0.2, 0.25) is 15.1 Å². The Labute approximate surface area is 186 Å². The topological polar surface area (TPSA) is 59.5 Å². The molecule has 1 aliphatic heterocycles. The molecule has 0 fully saturated rings. The van der Waals surface area contributed by atoms with Crippen LogP contribution in [0.3, 0.4) is 0 Å². The number of nitrogens with zero attached hydrogens (tertiary/aromatic N) is 2. The minimum absolute atomic E-state index is 0.0230. The molecule has 1 amide bonds. The van der Waals surface area contributed by atoms with Crippen LogP contribution in [0.15, 0.2) is 30.3 Å². The van der Waals surface area contributed by atoms with Crippen molar-refractivity contribution in [3.05, 3.63) is 56.0 Å². The number of carbonyl (C=O) groups excluding carboxylic acids is 2. The standard InChI is InChI=1S/C20H15Cl3N2O3S/c1-28-17(26)7-11-6-10-2-3-12(21)8-14(10)25(20(11)27)9-16-24-19-15(29-16)5-4-13(22)18(19)23/h2-5,8,11H,6-7,9H2,1H3. The van der Waals surface area contributed by atoms with Crippen LogP contribution in [0.1, 0.15) is 17.0 Å². The van der Waals surface area contributed by atoms with Crippen LogP contribution in [-0.2, 0) is 27.3 Å². The summed E-state index contributed by atoms with van der Waals surface area (Å²) in [5.41, 5.74) is 2.29. The summed E-state index contributed by atoms with van der Waals surface area (Å²) in [7, 11) is 1.32. The molecule has 2 aromatic carbocycles. The highest BCUT2D eigenvalue weighted by molar-refractivity contribution is 7.18. The molecule has 0 bridgehead atoms. The van der Waals surface area contributed by atoms with Crippen LogP contribution in [0.4, 0.5) is 5.69 Å². The summed E-state index contributed by atoms with van der Waals surface area (Å²) in [6.45, 7) is 0.247. The molecule has 0 N–H and O–H groups in total. The molecule has 0 spiro atoms. The molecule has 1 unspecified atom stereocenters. The number of thiazole rings is 1. The SMILES string of the molecule is COC(=O)CC1Cc2ccc(Cl)cc2N(Cc2nc3c(Cl)c(Cl)ccc3s2)C1=O. The fraction of sp³-hybridized carbons (Fsp3) is 0.250. The number of methoxy groups -OCH3 is 1. The number of aromatic nitrogens is 1. The lowest BCUT2D eigenvalue weighted by molar-refractivity contribution is -0.143. The highest BCUT2D eigenvalue weighted by Crippen LogP contribution is 2.38. The lowest BCUT2D eigenvalue weighted by Gasteiger charge is -2.33. The van der Waals surface area contributed by atoms with E-state index in [0.717, 1.165) is 16.0 Å². The zero-order valence-corrected chi connectivity index (χ0v) is 18.3. The van der Waals surface area contributed by atoms with Gasteiger partial charge in [0.2, 0.25) is 5.91 Å². The third-order valence-electron chi connectivity index (χ3n) is 4.85. The number of hydrogen-bond acceptors (Lipinski definition) is 5. The van der Waals surface area contributed by atoms with E-state index >= 15 is 0 Å². The van der Waals surface area contributed by atoms with E-state index in [2.05, 4.69) is 4.98 Å². The third-order valence-corrected chi connectivity index (χ3v) is 6.88. The molecular weight excluding hydrogens is 455 g/mol. The molecule has 9 heteroatoms. The van der Waals surface area contributed by atoms with Crippen LogP contribution < -0.4 is 4.90 Å². The average molecular weight is 470 g/mol. The number of halogens is 3. The molecule has 5 nitrogen and oxygen atoms in total. The largest absolute Gasteiger partial charge is 0.469 e. The quantitative estimate of drug-likeness (QED) is 0.472. The fourth-order valence-electron chi connectivity index (χ4n) is 3.45. The van der Waals surface area contributed by atoms with E-state index in [1.807, 2.05) is 12.1 Å². The van der Waals surface area contributed by atoms with Crippen LogP contribution in [-0.4, -0.2) is 24.0 Å². The second kappa shape index (κ2) is 8.11. The molecule has 2 heterocycles. The van der Waals surface area contributed by atoms with Gasteiger partial charge in [-0.25, -0.2) is 4.98 Å². The number of ether oxygens (including phenoxy) is 1. The van der Waals surface area contributed by atoms with E-state index in [1.54, 1.807) is 23.1 Å². The Balaban J connectivity index is 1.72. The molecule has 29 heavy (non-hydrogen) atoms. The van der Waals surface area contributed by atoms with Gasteiger partial charge in [-0.1, -0.05) is 40.9 Å². The van der Waals surface area contributed by atoms with Gasteiger partial charge in [0, 0.05) is 10.7 Å². The third kappa shape index (κ3) is 3.94. The average Bonchev–Trinajstić information content (AvgIpc) is 3.12. The van der Waals surface area contributed by atoms with Gasteiger partial charge in [0.15, 0.2) is 0 Å². The fourth-order valence-corrected chi connectivity index (χ4v) is 4.99. The van der Waals surface area contributed by atoms with Gasteiger partial charge in [-0.3, -0.25) is 9.59 Å². The van der Waals surface area contributed by atoms with E-state index in [4.69, 9.17) is 39.5 Å². The van der Waals surface area contributed by atoms with Crippen LogP contribution in [0.25, 0.3) is 10.2 Å². The maximum absolute atomic E-state index is 13.2. The van der Waals surface area contributed by atoms with Crippen LogP contribution in [0.5, 0.6) is 0 Å². The second-order valence-electron chi connectivity index (χ2n) is 6.69. The van der Waals surface area contributed by atoms with E-state index in [-0.39, 0.29) is 18.9 Å². The Bertz CT molecular complexity index is 1130. The summed E-state index contributed by atoms with van der Waals surface area (Å²) in [5, 5.41) is 2.07. The van der Waals surface area contributed by atoms with Gasteiger partial charge in [-0.05, 0) is 36.2 Å². The number of esters is 1. The Morgan fingerprint density at radius 3 is 2.83 bits per heavy atom. The van der Waals surface area contributed by atoms with Gasteiger partial charge < -0.3 is 9.64 Å². The normalized spacial score (nSPS) is 16.2. The number of amides is 1. The van der Waals surface area contributed by atoms with Crippen molar-refractivity contribution in [3.8, 4) is 0 Å². The number of anilines is 1. The first-order chi connectivity index (χ1) is 13.9. The van der Waals surface area contributed by atoms with E-state index in [0.29, 0.717) is 32.0 Å². The minimum Gasteiger partial charge on any atom is -0.469 e. The first kappa shape index (κ1) is 20.4. The van der Waals surface area contributed by atoms with Crippen LogP contribution >= 0.6 is 46.1 Å². The lowest BCUT2D eigenvalue weighted by Crippen LogP contribution is -2.41. The Morgan fingerprint density at radius 2 is 2.07 bits per heavy atom. The molecular formula is C20H15Cl3N2O3S. The van der Waals surface area contributed by atoms with Gasteiger partial charge in [0.1, 0.15) is 10.5 Å². The van der Waals surface area contributed by atoms with Crippen molar-refractivity contribution in [1.82, 2.24) is 4.98 Å². The summed E-state index contributed by atoms with van der Waals surface area (Å²) in [6, 6.07) is 9.01. The maximum Gasteiger partial charge on any atom is 0.306 e. The zero-order valence-electron chi connectivity index (χ0n) is 15.2. The summed E-state index contributed by atoms with van der Waals surface area (Å²) < 4.78 is 5.64. The maximum atomic E-state index is 13.2. The minimum atomic E-state index is -0.497. The predicted molar refractivity (Wildman–Crippen MR) is 116 cm³/mol. The van der Waals surface area contributed by atoms with E-state index in [9.17, 15) is 9.59 Å². The molecule has 0 radical (unpaired) electrons. The highest BCUT2D eigenvalue weighted by Gasteiger charge is 2.35. The molecule has 0 saturated carbocycles. The van der Waals surface area contributed by atoms with Crippen molar-refractivity contribution in [2.24, 2.45) is 5.92 Å². The van der Waals surface area contributed by atoms with Crippen molar-refractivity contribution < 1.29 is 14.3 Å². The molecule has 0 aliphatic carbocycles. The summed E-state index contributed by atoms with van der Waals surface area (Å²) in [5.74, 6) is -1.07. The van der Waals surface area contributed by atoms with Gasteiger partial charge in [0.25, 0.3) is 0 Å². The molecule has 3 aromatic rings. The monoisotopic (exact) mass is 468 g/mol. The Hall–Kier alpha value is -1.86. The number of benzene rings is 2. The smallest absolute Gasteiger partial charge is 0.306 e. The Kier molecular flexibility index (Phi) is 5.71. The molecule has 1 aromatic heterocycles. The molecule has 1 atom stereocenters. The highest BCUT2D eigenvalue weighted by atomic mass is 35.5. The van der Waals surface area contributed by atoms with Gasteiger partial charge in [0.05, 0.1) is 40.7 Å². The summed E-state index contributed by atoms with van der Waals surface area (Å²) in [6.07, 6.45) is 0.480. The van der Waals surface area contributed by atoms with Gasteiger partial charge >= 0.3 is 5.97 Å². The first-order valence-corrected chi connectivity index (χ1v) is 10.7. The van der Waals surface area contributed by atoms with E-state index in [1.165, 1.54) is 18.4 Å². The van der Waals surface area contributed by atoms with Gasteiger partial charge in [-0.15, -0.1) is 11.3 Å². The number of fused-ring (bicyclic) bond motifs is 2. The van der Waals surface area contributed by atoms with Gasteiger partial charge in [-0.2, -0.15) is 0 Å². The second-order valence-corrected chi connectivity index (χ2v) is 9.03. The first-order valence-electron chi connectivity index (χ1n) is 8.77. The van der Waals surface area contributed by atoms with E-state index < -0.39 is 11.9 Å². The predicted octanol–water partition coefficient (Wildman–Crippen LogP) is 5.53. The number of hydrogen-bond donors (Lipinski definition) is 0. The summed E-state index contributed by atoms with van der Waals surface area (Å²) >= 11 is 20.0. The molecule has 1 aliphatic rings. The lowest BCUT2D eigenvalue weighted by atomic mass is 9.89. The molecule has 0 saturated heterocycles. The van der Waals surface area contributed by atoms with Crippen LogP contribution in [0, 0.1) is 5.92 Å². The van der Waals surface area contributed by atoms with Crippen molar-refractivity contribution in [1.29, 1.82) is 0 Å². The molecule has 150 valence electrons. The van der Waals surface area contributed by atoms with Crippen molar-refractivity contribution in [2.45, 2.75) is 19.4 Å². The number of rotatable bonds is 4. The Morgan fingerprint density at radius 1 is 1.28 bits per heavy atom. The van der Waals surface area contributed by atoms with Crippen molar-refractivity contribution in [3.63, 3.8) is 0 Å².